The average molecular weight is 452 g/mol. The van der Waals surface area contributed by atoms with Crippen LogP contribution in [0.1, 0.15) is 11.1 Å². The summed E-state index contributed by atoms with van der Waals surface area (Å²) in [6.45, 7) is 1.31. The molecule has 0 saturated heterocycles. The monoisotopic (exact) mass is 452 g/mol. The number of sulfonamides is 1. The molecule has 0 spiro atoms. The summed E-state index contributed by atoms with van der Waals surface area (Å²) in [7, 11) is -4.03. The first kappa shape index (κ1) is 22.6. The fourth-order valence-corrected chi connectivity index (χ4v) is 4.27. The van der Waals surface area contributed by atoms with Crippen LogP contribution in [0.4, 0.5) is 11.4 Å². The van der Waals surface area contributed by atoms with Gasteiger partial charge in [0.25, 0.3) is 21.6 Å². The normalized spacial score (nSPS) is 11.3. The maximum atomic E-state index is 13.2. The van der Waals surface area contributed by atoms with Gasteiger partial charge in [-0.05, 0) is 37.3 Å². The number of carbonyl (C=O) groups excluding carboxylic acids is 1. The third-order valence-electron chi connectivity index (χ3n) is 4.47. The number of hydrazone groups is 1. The Labute approximate surface area is 185 Å². The van der Waals surface area contributed by atoms with E-state index in [4.69, 9.17) is 0 Å². The molecule has 0 aliphatic heterocycles. The Hall–Kier alpha value is -4.05. The van der Waals surface area contributed by atoms with Gasteiger partial charge in [0, 0.05) is 6.07 Å². The number of carbonyl (C=O) groups is 1. The van der Waals surface area contributed by atoms with E-state index in [-0.39, 0.29) is 16.1 Å². The molecular formula is C22H20N4O5S. The highest BCUT2D eigenvalue weighted by Gasteiger charge is 2.27. The summed E-state index contributed by atoms with van der Waals surface area (Å²) < 4.78 is 27.4. The van der Waals surface area contributed by atoms with Crippen molar-refractivity contribution in [3.05, 3.63) is 100 Å². The van der Waals surface area contributed by atoms with Gasteiger partial charge < -0.3 is 0 Å². The highest BCUT2D eigenvalue weighted by molar-refractivity contribution is 7.92. The molecule has 0 atom stereocenters. The van der Waals surface area contributed by atoms with E-state index in [1.54, 1.807) is 48.5 Å². The number of nitro benzene ring substituents is 1. The number of aryl methyl sites for hydroxylation is 1. The molecule has 0 saturated carbocycles. The molecule has 32 heavy (non-hydrogen) atoms. The fraction of sp³-hybridized carbons (Fsp3) is 0.0909. The topological polar surface area (TPSA) is 122 Å². The molecule has 0 aromatic heterocycles. The van der Waals surface area contributed by atoms with Crippen molar-refractivity contribution in [1.82, 2.24) is 5.43 Å². The largest absolute Gasteiger partial charge is 0.278 e. The predicted molar refractivity (Wildman–Crippen MR) is 121 cm³/mol. The number of para-hydroxylation sites is 2. The summed E-state index contributed by atoms with van der Waals surface area (Å²) in [5.41, 5.74) is 3.47. The van der Waals surface area contributed by atoms with E-state index in [0.29, 0.717) is 5.69 Å². The minimum Gasteiger partial charge on any atom is -0.271 e. The Morgan fingerprint density at radius 1 is 1.03 bits per heavy atom. The van der Waals surface area contributed by atoms with Crippen LogP contribution in [0, 0.1) is 17.0 Å². The molecule has 0 heterocycles. The third kappa shape index (κ3) is 5.35. The van der Waals surface area contributed by atoms with Crippen LogP contribution in [-0.4, -0.2) is 32.0 Å². The first-order valence-corrected chi connectivity index (χ1v) is 10.9. The standard InChI is InChI=1S/C22H20N4O5S/c1-17-11-13-20(14-12-17)32(30,31)25(19-8-3-2-4-9-19)16-22(27)24-23-15-18-7-5-6-10-21(18)26(28)29/h2-15H,16H2,1H3,(H,24,27)/b23-15-. The highest BCUT2D eigenvalue weighted by Crippen LogP contribution is 2.23. The summed E-state index contributed by atoms with van der Waals surface area (Å²) >= 11 is 0. The van der Waals surface area contributed by atoms with Gasteiger partial charge in [-0.3, -0.25) is 19.2 Å². The van der Waals surface area contributed by atoms with Gasteiger partial charge in [0.1, 0.15) is 6.54 Å². The minimum absolute atomic E-state index is 0.0446. The second-order valence-corrected chi connectivity index (χ2v) is 8.63. The van der Waals surface area contributed by atoms with Crippen molar-refractivity contribution in [3.63, 3.8) is 0 Å². The number of amides is 1. The number of nitrogens with one attached hydrogen (secondary N) is 1. The van der Waals surface area contributed by atoms with Crippen LogP contribution < -0.4 is 9.73 Å². The summed E-state index contributed by atoms with van der Waals surface area (Å²) in [5, 5.41) is 14.8. The second kappa shape index (κ2) is 9.84. The van der Waals surface area contributed by atoms with Gasteiger partial charge in [-0.15, -0.1) is 0 Å². The molecule has 10 heteroatoms. The van der Waals surface area contributed by atoms with Crippen LogP contribution in [0.15, 0.2) is 88.9 Å². The van der Waals surface area contributed by atoms with Gasteiger partial charge in [0.15, 0.2) is 0 Å². The van der Waals surface area contributed by atoms with Crippen LogP contribution in [0.5, 0.6) is 0 Å². The molecule has 9 nitrogen and oxygen atoms in total. The Morgan fingerprint density at radius 2 is 1.66 bits per heavy atom. The van der Waals surface area contributed by atoms with Crippen molar-refractivity contribution >= 4 is 33.5 Å². The van der Waals surface area contributed by atoms with E-state index < -0.39 is 27.4 Å². The number of benzene rings is 3. The van der Waals surface area contributed by atoms with Crippen LogP contribution in [0.25, 0.3) is 0 Å². The zero-order chi connectivity index (χ0) is 23.1. The van der Waals surface area contributed by atoms with Gasteiger partial charge in [0.2, 0.25) is 0 Å². The molecule has 0 aliphatic carbocycles. The van der Waals surface area contributed by atoms with Gasteiger partial charge in [-0.2, -0.15) is 5.10 Å². The van der Waals surface area contributed by atoms with Crippen molar-refractivity contribution in [1.29, 1.82) is 0 Å². The summed E-state index contributed by atoms with van der Waals surface area (Å²) in [6, 6.07) is 20.4. The molecule has 3 aromatic carbocycles. The zero-order valence-electron chi connectivity index (χ0n) is 17.1. The molecule has 3 aromatic rings. The lowest BCUT2D eigenvalue weighted by Gasteiger charge is -2.23. The Kier molecular flexibility index (Phi) is 6.96. The Bertz CT molecular complexity index is 1240. The molecule has 0 unspecified atom stereocenters. The van der Waals surface area contributed by atoms with Gasteiger partial charge in [-0.1, -0.05) is 48.0 Å². The lowest BCUT2D eigenvalue weighted by Crippen LogP contribution is -2.39. The van der Waals surface area contributed by atoms with Crippen molar-refractivity contribution in [2.24, 2.45) is 5.10 Å². The molecule has 1 N–H and O–H groups in total. The number of nitro groups is 1. The van der Waals surface area contributed by atoms with E-state index in [9.17, 15) is 23.3 Å². The minimum atomic E-state index is -4.03. The van der Waals surface area contributed by atoms with Gasteiger partial charge in [0.05, 0.1) is 27.3 Å². The number of rotatable bonds is 8. The number of nitrogens with zero attached hydrogens (tertiary/aromatic N) is 3. The van der Waals surface area contributed by atoms with Crippen LogP contribution in [-0.2, 0) is 14.8 Å². The zero-order valence-corrected chi connectivity index (χ0v) is 17.9. The lowest BCUT2D eigenvalue weighted by atomic mass is 10.2. The van der Waals surface area contributed by atoms with Crippen molar-refractivity contribution in [2.45, 2.75) is 11.8 Å². The first-order valence-electron chi connectivity index (χ1n) is 9.49. The number of anilines is 1. The van der Waals surface area contributed by atoms with Crippen molar-refractivity contribution in [3.8, 4) is 0 Å². The predicted octanol–water partition coefficient (Wildman–Crippen LogP) is 3.25. The maximum absolute atomic E-state index is 13.2. The molecule has 0 fully saturated rings. The molecule has 0 radical (unpaired) electrons. The van der Waals surface area contributed by atoms with E-state index in [1.807, 2.05) is 6.92 Å². The summed E-state index contributed by atoms with van der Waals surface area (Å²) in [5.74, 6) is -0.709. The Balaban J connectivity index is 1.82. The third-order valence-corrected chi connectivity index (χ3v) is 6.25. The van der Waals surface area contributed by atoms with E-state index >= 15 is 0 Å². The number of hydrogen-bond acceptors (Lipinski definition) is 6. The summed E-state index contributed by atoms with van der Waals surface area (Å²) in [4.78, 5) is 23.1. The SMILES string of the molecule is Cc1ccc(S(=O)(=O)N(CC(=O)N/N=C\c2ccccc2[N+](=O)[O-])c2ccccc2)cc1. The van der Waals surface area contributed by atoms with Gasteiger partial charge in [-0.25, -0.2) is 13.8 Å². The smallest absolute Gasteiger partial charge is 0.271 e. The molecule has 0 bridgehead atoms. The molecule has 1 amide bonds. The van der Waals surface area contributed by atoms with Crippen LogP contribution in [0.2, 0.25) is 0 Å². The van der Waals surface area contributed by atoms with E-state index in [2.05, 4.69) is 10.5 Å². The Morgan fingerprint density at radius 3 is 2.31 bits per heavy atom. The van der Waals surface area contributed by atoms with E-state index in [1.165, 1.54) is 30.3 Å². The van der Waals surface area contributed by atoms with Crippen LogP contribution in [0.3, 0.4) is 0 Å². The lowest BCUT2D eigenvalue weighted by molar-refractivity contribution is -0.385. The quantitative estimate of drug-likeness (QED) is 0.319. The fourth-order valence-electron chi connectivity index (χ4n) is 2.85. The molecule has 0 aliphatic rings. The molecule has 3 rings (SSSR count). The number of hydrogen-bond donors (Lipinski definition) is 1. The summed E-state index contributed by atoms with van der Waals surface area (Å²) in [6.07, 6.45) is 1.14. The van der Waals surface area contributed by atoms with Crippen molar-refractivity contribution in [2.75, 3.05) is 10.8 Å². The van der Waals surface area contributed by atoms with E-state index in [0.717, 1.165) is 16.1 Å². The maximum Gasteiger partial charge on any atom is 0.278 e. The molecular weight excluding hydrogens is 432 g/mol. The van der Waals surface area contributed by atoms with Crippen LogP contribution >= 0.6 is 0 Å². The first-order chi connectivity index (χ1) is 15.3. The molecule has 164 valence electrons. The average Bonchev–Trinajstić information content (AvgIpc) is 2.78. The van der Waals surface area contributed by atoms with Gasteiger partial charge >= 0.3 is 0 Å². The second-order valence-electron chi connectivity index (χ2n) is 6.77. The van der Waals surface area contributed by atoms with Crippen molar-refractivity contribution < 1.29 is 18.1 Å². The highest BCUT2D eigenvalue weighted by atomic mass is 32.2.